The summed E-state index contributed by atoms with van der Waals surface area (Å²) in [4.78, 5) is 23.7. The molecular weight excluding hydrogens is 428 g/mol. The average molecular weight is 445 g/mol. The first kappa shape index (κ1) is 21.2. The van der Waals surface area contributed by atoms with Crippen molar-refractivity contribution in [2.45, 2.75) is 5.92 Å². The third-order valence-corrected chi connectivity index (χ3v) is 5.15. The van der Waals surface area contributed by atoms with Gasteiger partial charge in [0, 0.05) is 28.2 Å². The van der Waals surface area contributed by atoms with Crippen LogP contribution in [0.4, 0.5) is 5.69 Å². The highest BCUT2D eigenvalue weighted by molar-refractivity contribution is 6.31. The first-order valence-electron chi connectivity index (χ1n) is 9.74. The molecule has 0 spiro atoms. The summed E-state index contributed by atoms with van der Waals surface area (Å²) in [5, 5.41) is 13.5. The number of nitrogens with one attached hydrogen (secondary N) is 1. The summed E-state index contributed by atoms with van der Waals surface area (Å²) in [7, 11) is 0. The number of fused-ring (bicyclic) bond motifs is 1. The van der Waals surface area contributed by atoms with Gasteiger partial charge in [-0.15, -0.1) is 0 Å². The largest absolute Gasteiger partial charge is 0.484 e. The minimum Gasteiger partial charge on any atom is -0.484 e. The minimum absolute atomic E-state index is 0.243. The normalized spacial score (nSPS) is 11.5. The van der Waals surface area contributed by atoms with Crippen molar-refractivity contribution in [1.29, 1.82) is 5.26 Å². The van der Waals surface area contributed by atoms with E-state index >= 15 is 0 Å². The van der Waals surface area contributed by atoms with Crippen LogP contribution in [0.25, 0.3) is 11.0 Å². The summed E-state index contributed by atoms with van der Waals surface area (Å²) < 4.78 is 10.6. The molecule has 0 saturated heterocycles. The summed E-state index contributed by atoms with van der Waals surface area (Å²) >= 11 is 6.41. The monoisotopic (exact) mass is 444 g/mol. The highest BCUT2D eigenvalue weighted by Gasteiger charge is 2.17. The summed E-state index contributed by atoms with van der Waals surface area (Å²) in [6.07, 6.45) is 0. The van der Waals surface area contributed by atoms with Crippen LogP contribution in [0, 0.1) is 11.3 Å². The van der Waals surface area contributed by atoms with E-state index < -0.39 is 11.5 Å². The van der Waals surface area contributed by atoms with Crippen LogP contribution in [-0.4, -0.2) is 12.5 Å². The molecule has 0 aliphatic carbocycles. The van der Waals surface area contributed by atoms with Crippen molar-refractivity contribution in [3.05, 3.63) is 105 Å². The Balaban J connectivity index is 1.42. The Hall–Kier alpha value is -4.08. The molecule has 4 aromatic rings. The number of hydrogen-bond donors (Lipinski definition) is 1. The summed E-state index contributed by atoms with van der Waals surface area (Å²) in [6, 6.07) is 24.6. The molecule has 1 atom stereocenters. The van der Waals surface area contributed by atoms with Crippen molar-refractivity contribution in [1.82, 2.24) is 0 Å². The smallest absolute Gasteiger partial charge is 0.336 e. The lowest BCUT2D eigenvalue weighted by Crippen LogP contribution is -2.20. The van der Waals surface area contributed by atoms with Crippen LogP contribution in [0.5, 0.6) is 5.75 Å². The molecule has 1 aromatic heterocycles. The van der Waals surface area contributed by atoms with Gasteiger partial charge in [-0.1, -0.05) is 48.0 Å². The molecule has 0 aliphatic heterocycles. The number of carbonyl (C=O) groups excluding carboxylic acids is 1. The number of nitrogens with zero attached hydrogens (tertiary/aromatic N) is 1. The number of rotatable bonds is 6. The Kier molecular flexibility index (Phi) is 6.20. The molecule has 0 aliphatic rings. The van der Waals surface area contributed by atoms with Gasteiger partial charge in [0.15, 0.2) is 6.61 Å². The number of nitriles is 1. The highest BCUT2D eigenvalue weighted by atomic mass is 35.5. The number of ether oxygens (including phenoxy) is 1. The van der Waals surface area contributed by atoms with Gasteiger partial charge in [-0.05, 0) is 41.5 Å². The predicted molar refractivity (Wildman–Crippen MR) is 122 cm³/mol. The molecule has 1 amide bonds. The predicted octanol–water partition coefficient (Wildman–Crippen LogP) is 5.12. The molecule has 7 heteroatoms. The number of anilines is 1. The molecule has 6 nitrogen and oxygen atoms in total. The van der Waals surface area contributed by atoms with E-state index in [1.165, 1.54) is 6.07 Å². The maximum atomic E-state index is 12.3. The quantitative estimate of drug-likeness (QED) is 0.417. The lowest BCUT2D eigenvalue weighted by molar-refractivity contribution is -0.118. The number of halogens is 1. The van der Waals surface area contributed by atoms with E-state index in [1.807, 2.05) is 30.3 Å². The highest BCUT2D eigenvalue weighted by Crippen LogP contribution is 2.31. The Morgan fingerprint density at radius 2 is 1.84 bits per heavy atom. The zero-order chi connectivity index (χ0) is 22.5. The minimum atomic E-state index is -0.510. The van der Waals surface area contributed by atoms with Gasteiger partial charge in [0.05, 0.1) is 12.0 Å². The molecule has 1 unspecified atom stereocenters. The van der Waals surface area contributed by atoms with E-state index in [9.17, 15) is 14.9 Å². The molecule has 4 rings (SSSR count). The van der Waals surface area contributed by atoms with Gasteiger partial charge in [0.2, 0.25) is 0 Å². The van der Waals surface area contributed by atoms with Crippen LogP contribution < -0.4 is 15.7 Å². The maximum Gasteiger partial charge on any atom is 0.336 e. The topological polar surface area (TPSA) is 92.3 Å². The summed E-state index contributed by atoms with van der Waals surface area (Å²) in [5.74, 6) is -0.497. The van der Waals surface area contributed by atoms with E-state index in [2.05, 4.69) is 11.4 Å². The lowest BCUT2D eigenvalue weighted by atomic mass is 9.92. The molecule has 0 fully saturated rings. The van der Waals surface area contributed by atoms with E-state index in [-0.39, 0.29) is 12.5 Å². The number of benzene rings is 3. The van der Waals surface area contributed by atoms with Crippen LogP contribution in [0.1, 0.15) is 17.0 Å². The first-order valence-corrected chi connectivity index (χ1v) is 10.1. The Labute approximate surface area is 188 Å². The van der Waals surface area contributed by atoms with Crippen LogP contribution >= 0.6 is 11.6 Å². The summed E-state index contributed by atoms with van der Waals surface area (Å²) in [6.45, 7) is -0.243. The van der Waals surface area contributed by atoms with Crippen LogP contribution in [0.15, 0.2) is 88.1 Å². The second-order valence-corrected chi connectivity index (χ2v) is 7.41. The van der Waals surface area contributed by atoms with E-state index in [0.717, 1.165) is 10.9 Å². The first-order chi connectivity index (χ1) is 15.5. The van der Waals surface area contributed by atoms with Gasteiger partial charge in [-0.2, -0.15) is 5.26 Å². The Morgan fingerprint density at radius 1 is 1.06 bits per heavy atom. The lowest BCUT2D eigenvalue weighted by Gasteiger charge is -2.14. The molecule has 1 heterocycles. The molecule has 0 radical (unpaired) electrons. The van der Waals surface area contributed by atoms with Crippen molar-refractivity contribution in [2.75, 3.05) is 11.9 Å². The Bertz CT molecular complexity index is 1380. The van der Waals surface area contributed by atoms with Crippen LogP contribution in [-0.2, 0) is 4.79 Å². The number of carbonyl (C=O) groups is 1. The van der Waals surface area contributed by atoms with Gasteiger partial charge in [0.1, 0.15) is 11.3 Å². The van der Waals surface area contributed by atoms with Gasteiger partial charge in [0.25, 0.3) is 5.91 Å². The zero-order valence-electron chi connectivity index (χ0n) is 16.7. The number of amides is 1. The molecule has 0 bridgehead atoms. The second kappa shape index (κ2) is 9.38. The van der Waals surface area contributed by atoms with E-state index in [1.54, 1.807) is 42.5 Å². The molecular formula is C25H17ClN2O4. The average Bonchev–Trinajstić information content (AvgIpc) is 2.80. The fourth-order valence-electron chi connectivity index (χ4n) is 3.28. The second-order valence-electron chi connectivity index (χ2n) is 7.00. The SMILES string of the molecule is N#CC(c1ccccc1)c1ccc(NC(=O)COc2ccc3ccc(=O)oc3c2)cc1Cl. The van der Waals surface area contributed by atoms with Crippen LogP contribution in [0.2, 0.25) is 5.02 Å². The van der Waals surface area contributed by atoms with Gasteiger partial charge in [-0.25, -0.2) is 4.79 Å². The van der Waals surface area contributed by atoms with Crippen molar-refractivity contribution >= 4 is 34.2 Å². The van der Waals surface area contributed by atoms with Crippen molar-refractivity contribution in [3.8, 4) is 11.8 Å². The molecule has 0 saturated carbocycles. The standard InChI is InChI=1S/C25H17ClN2O4/c26-22-12-18(8-10-20(22)21(14-27)16-4-2-1-3-5-16)28-24(29)15-31-19-9-6-17-7-11-25(30)32-23(17)13-19/h1-13,21H,15H2,(H,28,29). The Morgan fingerprint density at radius 3 is 2.59 bits per heavy atom. The molecule has 32 heavy (non-hydrogen) atoms. The number of hydrogen-bond acceptors (Lipinski definition) is 5. The third kappa shape index (κ3) is 4.80. The van der Waals surface area contributed by atoms with E-state index in [0.29, 0.717) is 27.6 Å². The van der Waals surface area contributed by atoms with Crippen molar-refractivity contribution < 1.29 is 13.9 Å². The van der Waals surface area contributed by atoms with Crippen molar-refractivity contribution in [3.63, 3.8) is 0 Å². The van der Waals surface area contributed by atoms with E-state index in [4.69, 9.17) is 20.8 Å². The molecule has 3 aromatic carbocycles. The van der Waals surface area contributed by atoms with Crippen LogP contribution in [0.3, 0.4) is 0 Å². The molecule has 158 valence electrons. The van der Waals surface area contributed by atoms with Crippen molar-refractivity contribution in [2.24, 2.45) is 0 Å². The maximum absolute atomic E-state index is 12.3. The van der Waals surface area contributed by atoms with Gasteiger partial charge in [-0.3, -0.25) is 4.79 Å². The van der Waals surface area contributed by atoms with Gasteiger partial charge >= 0.3 is 5.63 Å². The van der Waals surface area contributed by atoms with Gasteiger partial charge < -0.3 is 14.5 Å². The molecule has 1 N–H and O–H groups in total. The fourth-order valence-corrected chi connectivity index (χ4v) is 3.57. The summed E-state index contributed by atoms with van der Waals surface area (Å²) in [5.41, 5.74) is 1.91. The third-order valence-electron chi connectivity index (χ3n) is 4.82. The zero-order valence-corrected chi connectivity index (χ0v) is 17.5. The fraction of sp³-hybridized carbons (Fsp3) is 0.0800.